The fourth-order valence-corrected chi connectivity index (χ4v) is 5.65. The zero-order chi connectivity index (χ0) is 28.0. The third-order valence-electron chi connectivity index (χ3n) is 6.65. The van der Waals surface area contributed by atoms with Crippen molar-refractivity contribution in [3.63, 3.8) is 0 Å². The molecule has 0 saturated carbocycles. The maximum absolute atomic E-state index is 15.1. The van der Waals surface area contributed by atoms with Crippen LogP contribution in [0, 0.1) is 42.3 Å². The largest absolute Gasteiger partial charge is 0.396 e. The van der Waals surface area contributed by atoms with Crippen molar-refractivity contribution in [2.45, 2.75) is 39.0 Å². The van der Waals surface area contributed by atoms with E-state index in [1.165, 1.54) is 12.1 Å². The molecule has 0 unspecified atom stereocenters. The fraction of sp³-hybridized carbons (Fsp3) is 0.286. The van der Waals surface area contributed by atoms with E-state index in [9.17, 15) is 22.3 Å². The van der Waals surface area contributed by atoms with Gasteiger partial charge >= 0.3 is 0 Å². The van der Waals surface area contributed by atoms with Crippen molar-refractivity contribution in [1.29, 1.82) is 0 Å². The molecule has 0 fully saturated rings. The summed E-state index contributed by atoms with van der Waals surface area (Å²) < 4.78 is 72.3. The molecule has 2 aromatic carbocycles. The Labute approximate surface area is 219 Å². The Bertz CT molecular complexity index is 1680. The number of aliphatic hydroxyl groups is 1. The first-order valence-corrected chi connectivity index (χ1v) is 13.2. The van der Waals surface area contributed by atoms with Gasteiger partial charge in [0.2, 0.25) is 5.69 Å². The predicted molar refractivity (Wildman–Crippen MR) is 139 cm³/mol. The lowest BCUT2D eigenvalue weighted by Gasteiger charge is -2.29. The SMILES string of the molecule is [C-]#[N+]c1cc(F)c(C[C@H](CO)C(C)(C)C)nc1-c1cn(S(=O)(=O)c2ccc(C)cc2)c2c(F)cc(F)cc12. The predicted octanol–water partition coefficient (Wildman–Crippen LogP) is 6.41. The zero-order valence-corrected chi connectivity index (χ0v) is 22.1. The number of hydrogen-bond acceptors (Lipinski definition) is 4. The Morgan fingerprint density at radius 1 is 1.08 bits per heavy atom. The maximum Gasteiger partial charge on any atom is 0.268 e. The van der Waals surface area contributed by atoms with Gasteiger partial charge in [-0.25, -0.2) is 30.4 Å². The van der Waals surface area contributed by atoms with Gasteiger partial charge in [0, 0.05) is 29.8 Å². The molecular formula is C28H26F3N3O3S. The van der Waals surface area contributed by atoms with E-state index in [2.05, 4.69) is 9.83 Å². The van der Waals surface area contributed by atoms with Gasteiger partial charge in [-0.2, -0.15) is 0 Å². The van der Waals surface area contributed by atoms with Crippen molar-refractivity contribution in [1.82, 2.24) is 8.96 Å². The van der Waals surface area contributed by atoms with Gasteiger partial charge < -0.3 is 5.11 Å². The van der Waals surface area contributed by atoms with Crippen molar-refractivity contribution in [2.75, 3.05) is 6.61 Å². The van der Waals surface area contributed by atoms with E-state index in [0.29, 0.717) is 10.0 Å². The summed E-state index contributed by atoms with van der Waals surface area (Å²) in [4.78, 5) is 7.57. The molecule has 1 atom stereocenters. The average Bonchev–Trinajstić information content (AvgIpc) is 3.23. The summed E-state index contributed by atoms with van der Waals surface area (Å²) in [5, 5.41) is 9.73. The molecule has 6 nitrogen and oxygen atoms in total. The number of hydrogen-bond donors (Lipinski definition) is 1. The van der Waals surface area contributed by atoms with Crippen molar-refractivity contribution >= 4 is 26.6 Å². The van der Waals surface area contributed by atoms with Crippen molar-refractivity contribution in [3.05, 3.63) is 88.8 Å². The van der Waals surface area contributed by atoms with E-state index < -0.39 is 38.4 Å². The van der Waals surface area contributed by atoms with Gasteiger partial charge in [0.1, 0.15) is 17.2 Å². The number of aryl methyl sites for hydroxylation is 1. The van der Waals surface area contributed by atoms with Gasteiger partial charge in [-0.05, 0) is 48.9 Å². The Balaban J connectivity index is 2.01. The van der Waals surface area contributed by atoms with Crippen LogP contribution >= 0.6 is 0 Å². The molecule has 0 amide bonds. The van der Waals surface area contributed by atoms with E-state index in [-0.39, 0.29) is 51.9 Å². The molecule has 10 heteroatoms. The molecule has 0 spiro atoms. The van der Waals surface area contributed by atoms with E-state index in [1.54, 1.807) is 19.1 Å². The minimum atomic E-state index is -4.34. The molecule has 0 saturated heterocycles. The molecule has 0 aliphatic heterocycles. The standard InChI is InChI=1S/C28H26F3N3O3S/c1-16-6-8-19(9-7-16)38(36,37)34-14-21(20-11-18(29)12-23(31)27(20)34)26-25(32-5)13-22(30)24(33-26)10-17(15-35)28(2,3)4/h6-9,11-14,17,35H,10,15H2,1-4H3/t17-/m1/s1. The highest BCUT2D eigenvalue weighted by atomic mass is 32.2. The van der Waals surface area contributed by atoms with Gasteiger partial charge in [-0.15, -0.1) is 0 Å². The molecular weight excluding hydrogens is 515 g/mol. The van der Waals surface area contributed by atoms with Crippen LogP contribution < -0.4 is 0 Å². The van der Waals surface area contributed by atoms with E-state index in [0.717, 1.165) is 23.9 Å². The summed E-state index contributed by atoms with van der Waals surface area (Å²) in [7, 11) is -4.34. The molecule has 0 aliphatic carbocycles. The normalized spacial score (nSPS) is 13.0. The number of halogens is 3. The lowest BCUT2D eigenvalue weighted by Crippen LogP contribution is -2.26. The minimum absolute atomic E-state index is 0.0279. The molecule has 4 aromatic rings. The number of rotatable bonds is 6. The third kappa shape index (κ3) is 4.91. The topological polar surface area (TPSA) is 76.6 Å². The van der Waals surface area contributed by atoms with E-state index >= 15 is 4.39 Å². The number of benzene rings is 2. The van der Waals surface area contributed by atoms with Gasteiger partial charge in [0.25, 0.3) is 10.0 Å². The molecule has 38 heavy (non-hydrogen) atoms. The lowest BCUT2D eigenvalue weighted by atomic mass is 9.78. The lowest BCUT2D eigenvalue weighted by molar-refractivity contribution is 0.129. The second kappa shape index (κ2) is 9.89. The second-order valence-electron chi connectivity index (χ2n) is 10.3. The molecule has 0 bridgehead atoms. The Hall–Kier alpha value is -3.68. The van der Waals surface area contributed by atoms with Gasteiger partial charge in [0.05, 0.1) is 22.9 Å². The number of nitrogens with zero attached hydrogens (tertiary/aromatic N) is 3. The third-order valence-corrected chi connectivity index (χ3v) is 8.33. The maximum atomic E-state index is 15.1. The molecule has 4 rings (SSSR count). The van der Waals surface area contributed by atoms with Crippen molar-refractivity contribution in [3.8, 4) is 11.3 Å². The van der Waals surface area contributed by atoms with E-state index in [1.807, 2.05) is 20.8 Å². The number of aliphatic hydroxyl groups excluding tert-OH is 1. The highest BCUT2D eigenvalue weighted by Crippen LogP contribution is 2.40. The van der Waals surface area contributed by atoms with Crippen LogP contribution in [-0.4, -0.2) is 29.1 Å². The molecule has 1 N–H and O–H groups in total. The number of pyridine rings is 1. The highest BCUT2D eigenvalue weighted by molar-refractivity contribution is 7.90. The Morgan fingerprint density at radius 2 is 1.74 bits per heavy atom. The van der Waals surface area contributed by atoms with Crippen LogP contribution in [-0.2, 0) is 16.4 Å². The summed E-state index contributed by atoms with van der Waals surface area (Å²) in [5.74, 6) is -3.23. The number of fused-ring (bicyclic) bond motifs is 1. The first-order valence-electron chi connectivity index (χ1n) is 11.8. The number of aromatic nitrogens is 2. The average molecular weight is 542 g/mol. The Kier molecular flexibility index (Phi) is 7.12. The molecule has 2 heterocycles. The van der Waals surface area contributed by atoms with E-state index in [4.69, 9.17) is 6.57 Å². The van der Waals surface area contributed by atoms with Crippen LogP contribution in [0.2, 0.25) is 0 Å². The van der Waals surface area contributed by atoms with Crippen molar-refractivity contribution in [2.24, 2.45) is 11.3 Å². The van der Waals surface area contributed by atoms with Gasteiger partial charge in [-0.3, -0.25) is 4.98 Å². The van der Waals surface area contributed by atoms with Crippen LogP contribution in [0.3, 0.4) is 0 Å². The summed E-state index contributed by atoms with van der Waals surface area (Å²) >= 11 is 0. The zero-order valence-electron chi connectivity index (χ0n) is 21.3. The Morgan fingerprint density at radius 3 is 2.32 bits per heavy atom. The summed E-state index contributed by atoms with van der Waals surface area (Å²) in [6.45, 7) is 14.8. The molecule has 198 valence electrons. The quantitative estimate of drug-likeness (QED) is 0.286. The van der Waals surface area contributed by atoms with Crippen LogP contribution in [0.1, 0.15) is 32.0 Å². The van der Waals surface area contributed by atoms with Gasteiger partial charge in [-0.1, -0.05) is 38.5 Å². The van der Waals surface area contributed by atoms with Crippen LogP contribution in [0.4, 0.5) is 18.9 Å². The second-order valence-corrected chi connectivity index (χ2v) is 12.1. The fourth-order valence-electron chi connectivity index (χ4n) is 4.27. The summed E-state index contributed by atoms with van der Waals surface area (Å²) in [6, 6.07) is 8.42. The van der Waals surface area contributed by atoms with Crippen molar-refractivity contribution < 1.29 is 26.7 Å². The van der Waals surface area contributed by atoms with Crippen LogP contribution in [0.25, 0.3) is 27.0 Å². The molecule has 0 radical (unpaired) electrons. The smallest absolute Gasteiger partial charge is 0.268 e. The van der Waals surface area contributed by atoms with Crippen LogP contribution in [0.5, 0.6) is 0 Å². The van der Waals surface area contributed by atoms with Gasteiger partial charge in [0.15, 0.2) is 5.82 Å². The van der Waals surface area contributed by atoms with Crippen LogP contribution in [0.15, 0.2) is 53.6 Å². The minimum Gasteiger partial charge on any atom is -0.396 e. The molecule has 2 aromatic heterocycles. The first kappa shape index (κ1) is 27.4. The summed E-state index contributed by atoms with van der Waals surface area (Å²) in [5.41, 5.74) is -0.469. The summed E-state index contributed by atoms with van der Waals surface area (Å²) in [6.07, 6.45) is 1.11. The highest BCUT2D eigenvalue weighted by Gasteiger charge is 2.29. The monoisotopic (exact) mass is 541 g/mol. The first-order chi connectivity index (χ1) is 17.8. The molecule has 0 aliphatic rings.